The number of hydrogen-bond acceptors (Lipinski definition) is 3. The lowest BCUT2D eigenvalue weighted by Gasteiger charge is -2.13. The van der Waals surface area contributed by atoms with Crippen molar-refractivity contribution in [3.8, 4) is 0 Å². The van der Waals surface area contributed by atoms with Crippen LogP contribution in [0.3, 0.4) is 0 Å². The molecular formula is C16H17NOS. The van der Waals surface area contributed by atoms with Gasteiger partial charge in [-0.15, -0.1) is 11.3 Å². The van der Waals surface area contributed by atoms with Crippen molar-refractivity contribution in [3.63, 3.8) is 0 Å². The smallest absolute Gasteiger partial charge is 0.125 e. The summed E-state index contributed by atoms with van der Waals surface area (Å²) >= 11 is 1.78. The first-order chi connectivity index (χ1) is 9.33. The summed E-state index contributed by atoms with van der Waals surface area (Å²) in [6.07, 6.45) is 0.931. The molecule has 19 heavy (non-hydrogen) atoms. The Morgan fingerprint density at radius 3 is 2.79 bits per heavy atom. The molecule has 0 bridgehead atoms. The Morgan fingerprint density at radius 1 is 1.21 bits per heavy atom. The van der Waals surface area contributed by atoms with Gasteiger partial charge in [0.05, 0.1) is 6.04 Å². The number of hydrogen-bond donors (Lipinski definition) is 1. The van der Waals surface area contributed by atoms with Gasteiger partial charge in [0.1, 0.15) is 11.5 Å². The van der Waals surface area contributed by atoms with E-state index in [-0.39, 0.29) is 6.04 Å². The second-order valence-electron chi connectivity index (χ2n) is 4.57. The minimum atomic E-state index is 0.122. The number of fused-ring (bicyclic) bond motifs is 1. The molecule has 1 unspecified atom stereocenters. The molecule has 0 aliphatic heterocycles. The van der Waals surface area contributed by atoms with Gasteiger partial charge in [0.25, 0.3) is 0 Å². The molecule has 2 aromatic heterocycles. The third-order valence-electron chi connectivity index (χ3n) is 3.43. The van der Waals surface area contributed by atoms with E-state index in [0.29, 0.717) is 0 Å². The van der Waals surface area contributed by atoms with Gasteiger partial charge in [-0.3, -0.25) is 0 Å². The van der Waals surface area contributed by atoms with Crippen LogP contribution in [0.1, 0.15) is 30.0 Å². The van der Waals surface area contributed by atoms with Crippen molar-refractivity contribution < 1.29 is 4.42 Å². The molecule has 1 N–H and O–H groups in total. The Kier molecular flexibility index (Phi) is 3.40. The molecule has 3 aromatic rings. The predicted octanol–water partition coefficient (Wildman–Crippen LogP) is 4.37. The molecule has 0 amide bonds. The Morgan fingerprint density at radius 2 is 2.05 bits per heavy atom. The second-order valence-corrected chi connectivity index (χ2v) is 5.48. The van der Waals surface area contributed by atoms with Crippen LogP contribution >= 0.6 is 11.3 Å². The monoisotopic (exact) mass is 271 g/mol. The Hall–Kier alpha value is -1.58. The molecule has 2 nitrogen and oxygen atoms in total. The van der Waals surface area contributed by atoms with Crippen LogP contribution < -0.4 is 5.32 Å². The maximum atomic E-state index is 5.90. The van der Waals surface area contributed by atoms with Gasteiger partial charge in [-0.2, -0.15) is 0 Å². The molecule has 1 atom stereocenters. The van der Waals surface area contributed by atoms with E-state index in [1.807, 2.05) is 7.05 Å². The van der Waals surface area contributed by atoms with E-state index in [2.05, 4.69) is 54.0 Å². The lowest BCUT2D eigenvalue weighted by atomic mass is 10.0. The highest BCUT2D eigenvalue weighted by molar-refractivity contribution is 7.17. The largest absolute Gasteiger partial charge is 0.464 e. The van der Waals surface area contributed by atoms with Crippen LogP contribution in [-0.2, 0) is 6.42 Å². The summed E-state index contributed by atoms with van der Waals surface area (Å²) in [7, 11) is 1.98. The molecular weight excluding hydrogens is 254 g/mol. The third-order valence-corrected chi connectivity index (χ3v) is 4.41. The van der Waals surface area contributed by atoms with Crippen molar-refractivity contribution in [2.75, 3.05) is 7.05 Å². The van der Waals surface area contributed by atoms with E-state index in [1.54, 1.807) is 11.3 Å². The molecule has 0 saturated heterocycles. The van der Waals surface area contributed by atoms with E-state index >= 15 is 0 Å². The number of furan rings is 1. The van der Waals surface area contributed by atoms with E-state index < -0.39 is 0 Å². The van der Waals surface area contributed by atoms with Crippen LogP contribution in [0, 0.1) is 0 Å². The van der Waals surface area contributed by atoms with Crippen molar-refractivity contribution in [1.29, 1.82) is 0 Å². The van der Waals surface area contributed by atoms with Gasteiger partial charge in [0.15, 0.2) is 0 Å². The zero-order chi connectivity index (χ0) is 13.2. The van der Waals surface area contributed by atoms with E-state index in [4.69, 9.17) is 4.42 Å². The highest BCUT2D eigenvalue weighted by Crippen LogP contribution is 2.33. The molecule has 3 heteroatoms. The second kappa shape index (κ2) is 5.19. The molecule has 1 aromatic carbocycles. The predicted molar refractivity (Wildman–Crippen MR) is 80.8 cm³/mol. The molecule has 3 rings (SSSR count). The van der Waals surface area contributed by atoms with Gasteiger partial charge >= 0.3 is 0 Å². The SMILES string of the molecule is CCc1ccc(C(NC)c2csc3ccccc23)o1. The van der Waals surface area contributed by atoms with Gasteiger partial charge in [0, 0.05) is 11.1 Å². The molecule has 0 aliphatic rings. The molecule has 0 saturated carbocycles. The summed E-state index contributed by atoms with van der Waals surface area (Å²) < 4.78 is 7.22. The van der Waals surface area contributed by atoms with Crippen molar-refractivity contribution in [1.82, 2.24) is 5.32 Å². The Balaban J connectivity index is 2.06. The fraction of sp³-hybridized carbons (Fsp3) is 0.250. The Labute approximate surface area is 117 Å². The van der Waals surface area contributed by atoms with Gasteiger partial charge in [-0.1, -0.05) is 25.1 Å². The van der Waals surface area contributed by atoms with Crippen LogP contribution in [0.25, 0.3) is 10.1 Å². The molecule has 0 radical (unpaired) electrons. The standard InChI is InChI=1S/C16H17NOS/c1-3-11-8-9-14(18-11)16(17-2)13-10-19-15-7-5-4-6-12(13)15/h4-10,16-17H,3H2,1-2H3. The summed E-state index contributed by atoms with van der Waals surface area (Å²) in [6.45, 7) is 2.11. The van der Waals surface area contributed by atoms with Crippen LogP contribution in [0.15, 0.2) is 46.2 Å². The number of thiophene rings is 1. The molecule has 0 spiro atoms. The van der Waals surface area contributed by atoms with Crippen molar-refractivity contribution in [3.05, 3.63) is 58.9 Å². The fourth-order valence-corrected chi connectivity index (χ4v) is 3.40. The lowest BCUT2D eigenvalue weighted by Crippen LogP contribution is -2.16. The van der Waals surface area contributed by atoms with Crippen LogP contribution in [-0.4, -0.2) is 7.05 Å². The highest BCUT2D eigenvalue weighted by atomic mass is 32.1. The molecule has 0 aliphatic carbocycles. The van der Waals surface area contributed by atoms with E-state index in [9.17, 15) is 0 Å². The number of nitrogens with one attached hydrogen (secondary N) is 1. The maximum absolute atomic E-state index is 5.90. The van der Waals surface area contributed by atoms with Crippen LogP contribution in [0.2, 0.25) is 0 Å². The highest BCUT2D eigenvalue weighted by Gasteiger charge is 2.19. The first-order valence-electron chi connectivity index (χ1n) is 6.55. The van der Waals surface area contributed by atoms with Crippen LogP contribution in [0.5, 0.6) is 0 Å². The molecule has 0 fully saturated rings. The topological polar surface area (TPSA) is 25.2 Å². The first-order valence-corrected chi connectivity index (χ1v) is 7.43. The molecule has 2 heterocycles. The van der Waals surface area contributed by atoms with Gasteiger partial charge in [-0.25, -0.2) is 0 Å². The third kappa shape index (κ3) is 2.20. The van der Waals surface area contributed by atoms with Crippen molar-refractivity contribution in [2.24, 2.45) is 0 Å². The normalized spacial score (nSPS) is 12.9. The fourth-order valence-electron chi connectivity index (χ4n) is 2.41. The summed E-state index contributed by atoms with van der Waals surface area (Å²) in [5.74, 6) is 2.03. The number of rotatable bonds is 4. The summed E-state index contributed by atoms with van der Waals surface area (Å²) in [4.78, 5) is 0. The lowest BCUT2D eigenvalue weighted by molar-refractivity contribution is 0.435. The first kappa shape index (κ1) is 12.5. The average Bonchev–Trinajstić information content (AvgIpc) is 3.07. The average molecular weight is 271 g/mol. The minimum absolute atomic E-state index is 0.122. The van der Waals surface area contributed by atoms with Crippen LogP contribution in [0.4, 0.5) is 0 Å². The van der Waals surface area contributed by atoms with Gasteiger partial charge in [0.2, 0.25) is 0 Å². The van der Waals surface area contributed by atoms with Crippen molar-refractivity contribution >= 4 is 21.4 Å². The van der Waals surface area contributed by atoms with Crippen molar-refractivity contribution in [2.45, 2.75) is 19.4 Å². The number of aryl methyl sites for hydroxylation is 1. The van der Waals surface area contributed by atoms with Gasteiger partial charge in [-0.05, 0) is 41.6 Å². The summed E-state index contributed by atoms with van der Waals surface area (Å²) in [5, 5.41) is 6.89. The summed E-state index contributed by atoms with van der Waals surface area (Å²) in [5.41, 5.74) is 1.29. The zero-order valence-electron chi connectivity index (χ0n) is 11.1. The molecule has 98 valence electrons. The van der Waals surface area contributed by atoms with E-state index in [0.717, 1.165) is 17.9 Å². The number of benzene rings is 1. The maximum Gasteiger partial charge on any atom is 0.125 e. The zero-order valence-corrected chi connectivity index (χ0v) is 12.0. The van der Waals surface area contributed by atoms with E-state index in [1.165, 1.54) is 15.6 Å². The Bertz CT molecular complexity index is 683. The summed E-state index contributed by atoms with van der Waals surface area (Å²) in [6, 6.07) is 12.8. The van der Waals surface area contributed by atoms with Gasteiger partial charge < -0.3 is 9.73 Å². The minimum Gasteiger partial charge on any atom is -0.464 e. The quantitative estimate of drug-likeness (QED) is 0.762.